The number of benzene rings is 1. The molecule has 0 aliphatic carbocycles. The first-order valence-corrected chi connectivity index (χ1v) is 7.89. The second-order valence-corrected chi connectivity index (χ2v) is 6.48. The summed E-state index contributed by atoms with van der Waals surface area (Å²) in [7, 11) is 0. The van der Waals surface area contributed by atoms with Crippen molar-refractivity contribution < 1.29 is 4.79 Å². The molecule has 1 aromatic carbocycles. The highest BCUT2D eigenvalue weighted by Crippen LogP contribution is 2.25. The lowest BCUT2D eigenvalue weighted by Gasteiger charge is -2.32. The van der Waals surface area contributed by atoms with Crippen molar-refractivity contribution in [3.63, 3.8) is 0 Å². The molecule has 0 aromatic heterocycles. The summed E-state index contributed by atoms with van der Waals surface area (Å²) >= 11 is 0. The number of halogens is 1. The van der Waals surface area contributed by atoms with Gasteiger partial charge in [-0.2, -0.15) is 0 Å². The Balaban J connectivity index is 0.00000242. The van der Waals surface area contributed by atoms with E-state index in [9.17, 15) is 4.79 Å². The van der Waals surface area contributed by atoms with Crippen LogP contribution in [0.25, 0.3) is 0 Å². The molecule has 0 saturated carbocycles. The Hall–Kier alpha value is -1.26. The van der Waals surface area contributed by atoms with Gasteiger partial charge in [0.05, 0.1) is 6.04 Å². The molecular formula is C17H28ClN3O. The first-order chi connectivity index (χ1) is 9.97. The highest BCUT2D eigenvalue weighted by atomic mass is 35.5. The third kappa shape index (κ3) is 4.89. The molecule has 1 heterocycles. The van der Waals surface area contributed by atoms with Crippen molar-refractivity contribution in [2.45, 2.75) is 39.7 Å². The van der Waals surface area contributed by atoms with Crippen molar-refractivity contribution in [2.75, 3.05) is 23.3 Å². The zero-order valence-corrected chi connectivity index (χ0v) is 14.5. The zero-order chi connectivity index (χ0) is 15.4. The Bertz CT molecular complexity index is 485. The molecule has 1 aliphatic rings. The highest BCUT2D eigenvalue weighted by molar-refractivity contribution is 5.95. The molecule has 22 heavy (non-hydrogen) atoms. The lowest BCUT2D eigenvalue weighted by molar-refractivity contribution is -0.118. The average Bonchev–Trinajstić information content (AvgIpc) is 2.47. The van der Waals surface area contributed by atoms with Crippen LogP contribution < -0.4 is 16.0 Å². The Morgan fingerprint density at radius 2 is 1.95 bits per heavy atom. The summed E-state index contributed by atoms with van der Waals surface area (Å²) in [6.07, 6.45) is 2.46. The summed E-state index contributed by atoms with van der Waals surface area (Å²) in [5, 5.41) is 2.92. The van der Waals surface area contributed by atoms with Gasteiger partial charge in [-0.05, 0) is 42.9 Å². The van der Waals surface area contributed by atoms with Crippen LogP contribution in [0, 0.1) is 11.8 Å². The Morgan fingerprint density at radius 1 is 1.32 bits per heavy atom. The quantitative estimate of drug-likeness (QED) is 0.893. The number of carbonyl (C=O) groups is 1. The standard InChI is InChI=1S/C17H27N3O.ClH/c1-12(2)16(18)17(21)19-14-5-4-6-15(11-14)20-9-7-13(3)8-10-20;/h4-6,11-13,16H,7-10,18H2,1-3H3,(H,19,21);1H/t16-;/m0./s1. The second-order valence-electron chi connectivity index (χ2n) is 6.48. The van der Waals surface area contributed by atoms with Crippen LogP contribution in [0.3, 0.4) is 0 Å². The van der Waals surface area contributed by atoms with E-state index in [2.05, 4.69) is 23.2 Å². The highest BCUT2D eigenvalue weighted by Gasteiger charge is 2.19. The molecule has 4 nitrogen and oxygen atoms in total. The first-order valence-electron chi connectivity index (χ1n) is 7.89. The molecule has 0 radical (unpaired) electrons. The minimum atomic E-state index is -0.468. The van der Waals surface area contributed by atoms with Crippen LogP contribution in [-0.2, 0) is 4.79 Å². The maximum absolute atomic E-state index is 12.0. The molecule has 0 unspecified atom stereocenters. The predicted molar refractivity (Wildman–Crippen MR) is 95.7 cm³/mol. The van der Waals surface area contributed by atoms with Crippen LogP contribution >= 0.6 is 12.4 Å². The fraction of sp³-hybridized carbons (Fsp3) is 0.588. The molecule has 124 valence electrons. The van der Waals surface area contributed by atoms with Crippen LogP contribution in [-0.4, -0.2) is 25.0 Å². The van der Waals surface area contributed by atoms with Crippen molar-refractivity contribution >= 4 is 29.7 Å². The summed E-state index contributed by atoms with van der Waals surface area (Å²) < 4.78 is 0. The molecule has 1 saturated heterocycles. The Kier molecular flexibility index (Phi) is 7.17. The van der Waals surface area contributed by atoms with Crippen LogP contribution in [0.5, 0.6) is 0 Å². The molecule has 2 rings (SSSR count). The smallest absolute Gasteiger partial charge is 0.241 e. The molecule has 1 atom stereocenters. The minimum absolute atomic E-state index is 0. The first kappa shape index (κ1) is 18.8. The SMILES string of the molecule is CC1CCN(c2cccc(NC(=O)[C@@H](N)C(C)C)c2)CC1.Cl. The largest absolute Gasteiger partial charge is 0.371 e. The van der Waals surface area contributed by atoms with E-state index in [1.54, 1.807) is 0 Å². The molecule has 5 heteroatoms. The van der Waals surface area contributed by atoms with E-state index in [4.69, 9.17) is 5.73 Å². The van der Waals surface area contributed by atoms with E-state index in [1.165, 1.54) is 18.5 Å². The number of nitrogens with two attached hydrogens (primary N) is 1. The summed E-state index contributed by atoms with van der Waals surface area (Å²) in [6.45, 7) is 8.39. The lowest BCUT2D eigenvalue weighted by Crippen LogP contribution is -2.39. The van der Waals surface area contributed by atoms with Gasteiger partial charge < -0.3 is 16.0 Å². The second kappa shape index (κ2) is 8.39. The third-order valence-corrected chi connectivity index (χ3v) is 4.28. The van der Waals surface area contributed by atoms with Crippen molar-refractivity contribution in [1.82, 2.24) is 0 Å². The van der Waals surface area contributed by atoms with Gasteiger partial charge in [0, 0.05) is 24.5 Å². The minimum Gasteiger partial charge on any atom is -0.371 e. The molecule has 1 amide bonds. The summed E-state index contributed by atoms with van der Waals surface area (Å²) in [5.41, 5.74) is 7.89. The fourth-order valence-electron chi connectivity index (χ4n) is 2.58. The van der Waals surface area contributed by atoms with Crippen molar-refractivity contribution in [1.29, 1.82) is 0 Å². The van der Waals surface area contributed by atoms with E-state index >= 15 is 0 Å². The summed E-state index contributed by atoms with van der Waals surface area (Å²) in [6, 6.07) is 7.59. The van der Waals surface area contributed by atoms with Gasteiger partial charge in [0.2, 0.25) is 5.91 Å². The van der Waals surface area contributed by atoms with E-state index < -0.39 is 6.04 Å². The monoisotopic (exact) mass is 325 g/mol. The Morgan fingerprint density at radius 3 is 2.55 bits per heavy atom. The van der Waals surface area contributed by atoms with E-state index in [0.29, 0.717) is 0 Å². The number of hydrogen-bond acceptors (Lipinski definition) is 3. The van der Waals surface area contributed by atoms with Crippen molar-refractivity contribution in [2.24, 2.45) is 17.6 Å². The van der Waals surface area contributed by atoms with Crippen molar-refractivity contribution in [3.05, 3.63) is 24.3 Å². The number of carbonyl (C=O) groups excluding carboxylic acids is 1. The van der Waals surface area contributed by atoms with Crippen molar-refractivity contribution in [3.8, 4) is 0 Å². The maximum Gasteiger partial charge on any atom is 0.241 e. The number of nitrogens with one attached hydrogen (secondary N) is 1. The molecule has 0 spiro atoms. The van der Waals surface area contributed by atoms with Crippen LogP contribution in [0.2, 0.25) is 0 Å². The van der Waals surface area contributed by atoms with Gasteiger partial charge in [-0.1, -0.05) is 26.8 Å². The average molecular weight is 326 g/mol. The fourth-order valence-corrected chi connectivity index (χ4v) is 2.58. The van der Waals surface area contributed by atoms with Gasteiger partial charge in [-0.15, -0.1) is 12.4 Å². The van der Waals surface area contributed by atoms with Gasteiger partial charge in [0.1, 0.15) is 0 Å². The van der Waals surface area contributed by atoms with E-state index in [0.717, 1.165) is 24.7 Å². The number of piperidine rings is 1. The molecular weight excluding hydrogens is 298 g/mol. The molecule has 1 aliphatic heterocycles. The van der Waals surface area contributed by atoms with E-state index in [1.807, 2.05) is 32.0 Å². The summed E-state index contributed by atoms with van der Waals surface area (Å²) in [5.74, 6) is 0.833. The van der Waals surface area contributed by atoms with Crippen LogP contribution in [0.1, 0.15) is 33.6 Å². The number of nitrogens with zero attached hydrogens (tertiary/aromatic N) is 1. The molecule has 1 aromatic rings. The number of anilines is 2. The van der Waals surface area contributed by atoms with Gasteiger partial charge in [0.15, 0.2) is 0 Å². The molecule has 1 fully saturated rings. The van der Waals surface area contributed by atoms with Gasteiger partial charge in [-0.25, -0.2) is 0 Å². The Labute approximate surface area is 139 Å². The third-order valence-electron chi connectivity index (χ3n) is 4.28. The number of rotatable bonds is 4. The van der Waals surface area contributed by atoms with Gasteiger partial charge in [-0.3, -0.25) is 4.79 Å². The predicted octanol–water partition coefficient (Wildman–Crippen LogP) is 3.27. The van der Waals surface area contributed by atoms with Crippen LogP contribution in [0.4, 0.5) is 11.4 Å². The topological polar surface area (TPSA) is 58.4 Å². The maximum atomic E-state index is 12.0. The number of hydrogen-bond donors (Lipinski definition) is 2. The molecule has 3 N–H and O–H groups in total. The zero-order valence-electron chi connectivity index (χ0n) is 13.7. The summed E-state index contributed by atoms with van der Waals surface area (Å²) in [4.78, 5) is 14.4. The lowest BCUT2D eigenvalue weighted by atomic mass is 9.99. The van der Waals surface area contributed by atoms with Gasteiger partial charge >= 0.3 is 0 Å². The normalized spacial score (nSPS) is 17.0. The van der Waals surface area contributed by atoms with Crippen LogP contribution in [0.15, 0.2) is 24.3 Å². The molecule has 0 bridgehead atoms. The van der Waals surface area contributed by atoms with E-state index in [-0.39, 0.29) is 24.2 Å². The number of amides is 1. The van der Waals surface area contributed by atoms with Gasteiger partial charge in [0.25, 0.3) is 0 Å².